The molecule has 4 aliphatic rings. The number of rotatable bonds is 4. The highest BCUT2D eigenvalue weighted by molar-refractivity contribution is 6.01. The van der Waals surface area contributed by atoms with Gasteiger partial charge < -0.3 is 19.7 Å². The molecule has 4 aliphatic carbocycles. The van der Waals surface area contributed by atoms with Gasteiger partial charge in [-0.15, -0.1) is 0 Å². The fraction of sp³-hybridized carbons (Fsp3) is 0.741. The molecule has 2 unspecified atom stereocenters. The monoisotopic (exact) mass is 510 g/mol. The number of aliphatic carboxylic acids is 1. The van der Waals surface area contributed by atoms with E-state index in [1.165, 1.54) is 13.0 Å². The molecule has 0 aromatic heterocycles. The highest BCUT2D eigenvalue weighted by Gasteiger charge is 2.76. The van der Waals surface area contributed by atoms with Gasteiger partial charge in [0.1, 0.15) is 11.7 Å². The molecule has 10 atom stereocenters. The number of hydrogen-bond donors (Lipinski definition) is 2. The van der Waals surface area contributed by atoms with Crippen LogP contribution in [0, 0.1) is 34.5 Å². The molecule has 4 rings (SSSR count). The minimum absolute atomic E-state index is 0.159. The van der Waals surface area contributed by atoms with Crippen LogP contribution in [0.5, 0.6) is 0 Å². The summed E-state index contributed by atoms with van der Waals surface area (Å²) in [5.41, 5.74) is -6.41. The van der Waals surface area contributed by atoms with Gasteiger partial charge in [0.05, 0.1) is 12.0 Å². The summed E-state index contributed by atoms with van der Waals surface area (Å²) < 4.78 is 44.8. The number of carbonyl (C=O) groups excluding carboxylic acids is 2. The molecule has 0 bridgehead atoms. The number of aliphatic hydroxyl groups is 1. The Kier molecular flexibility index (Phi) is 6.22. The van der Waals surface area contributed by atoms with E-state index >= 15 is 8.78 Å². The largest absolute Gasteiger partial charge is 0.509 e. The van der Waals surface area contributed by atoms with E-state index in [0.717, 1.165) is 12.2 Å². The third-order valence-corrected chi connectivity index (χ3v) is 9.71. The average molecular weight is 511 g/mol. The van der Waals surface area contributed by atoms with E-state index in [1.54, 1.807) is 34.6 Å². The zero-order valence-corrected chi connectivity index (χ0v) is 21.6. The van der Waals surface area contributed by atoms with Crippen molar-refractivity contribution in [3.8, 4) is 0 Å². The van der Waals surface area contributed by atoms with E-state index < -0.39 is 76.1 Å². The molecule has 36 heavy (non-hydrogen) atoms. The van der Waals surface area contributed by atoms with Crippen LogP contribution in [-0.2, 0) is 19.1 Å². The maximum Gasteiger partial charge on any atom is 0.509 e. The summed E-state index contributed by atoms with van der Waals surface area (Å²) >= 11 is 0. The molecule has 7 nitrogen and oxygen atoms in total. The lowest BCUT2D eigenvalue weighted by molar-refractivity contribution is -0.237. The Morgan fingerprint density at radius 1 is 1.28 bits per heavy atom. The lowest BCUT2D eigenvalue weighted by Crippen LogP contribution is -2.72. The second-order valence-corrected chi connectivity index (χ2v) is 12.1. The Morgan fingerprint density at radius 3 is 2.50 bits per heavy atom. The Morgan fingerprint density at radius 2 is 1.92 bits per heavy atom. The topological polar surface area (TPSA) is 110 Å². The summed E-state index contributed by atoms with van der Waals surface area (Å²) in [5.74, 6) is -4.93. The van der Waals surface area contributed by atoms with Gasteiger partial charge in [-0.1, -0.05) is 26.8 Å². The summed E-state index contributed by atoms with van der Waals surface area (Å²) in [6.45, 7) is 10.00. The summed E-state index contributed by atoms with van der Waals surface area (Å²) in [7, 11) is 0. The van der Waals surface area contributed by atoms with Gasteiger partial charge in [-0.05, 0) is 75.0 Å². The molecule has 0 aliphatic heterocycles. The smallest absolute Gasteiger partial charge is 0.481 e. The van der Waals surface area contributed by atoms with Crippen molar-refractivity contribution in [1.82, 2.24) is 0 Å². The molecule has 0 saturated heterocycles. The van der Waals surface area contributed by atoms with E-state index in [1.807, 2.05) is 0 Å². The first kappa shape index (κ1) is 26.8. The predicted molar refractivity (Wildman–Crippen MR) is 125 cm³/mol. The molecular weight excluding hydrogens is 474 g/mol. The molecule has 0 spiro atoms. The van der Waals surface area contributed by atoms with Crippen LogP contribution in [0.15, 0.2) is 23.8 Å². The minimum Gasteiger partial charge on any atom is -0.481 e. The van der Waals surface area contributed by atoms with Crippen molar-refractivity contribution < 1.29 is 42.9 Å². The van der Waals surface area contributed by atoms with E-state index in [-0.39, 0.29) is 24.3 Å². The quantitative estimate of drug-likeness (QED) is 0.533. The van der Waals surface area contributed by atoms with Crippen LogP contribution in [0.3, 0.4) is 0 Å². The number of hydrogen-bond acceptors (Lipinski definition) is 6. The van der Waals surface area contributed by atoms with Crippen molar-refractivity contribution in [2.45, 2.75) is 90.5 Å². The number of carbonyl (C=O) groups is 3. The van der Waals surface area contributed by atoms with Crippen molar-refractivity contribution in [3.63, 3.8) is 0 Å². The highest BCUT2D eigenvalue weighted by atomic mass is 19.1. The van der Waals surface area contributed by atoms with Crippen LogP contribution in [0.25, 0.3) is 0 Å². The summed E-state index contributed by atoms with van der Waals surface area (Å²) in [4.78, 5) is 37.2. The van der Waals surface area contributed by atoms with Crippen LogP contribution < -0.4 is 0 Å². The summed E-state index contributed by atoms with van der Waals surface area (Å²) in [6.07, 6.45) is -2.63. The number of aliphatic hydroxyl groups excluding tert-OH is 1. The highest BCUT2D eigenvalue weighted by Crippen LogP contribution is 2.70. The second kappa shape index (κ2) is 8.36. The first-order valence-electron chi connectivity index (χ1n) is 12.6. The maximum atomic E-state index is 17.6. The lowest BCUT2D eigenvalue weighted by Gasteiger charge is -2.63. The number of fused-ring (bicyclic) bond motifs is 5. The Balaban J connectivity index is 1.87. The fourth-order valence-corrected chi connectivity index (χ4v) is 7.62. The normalized spacial score (nSPS) is 45.8. The van der Waals surface area contributed by atoms with Crippen molar-refractivity contribution in [2.24, 2.45) is 34.5 Å². The van der Waals surface area contributed by atoms with Crippen LogP contribution in [-0.4, -0.2) is 57.8 Å². The number of carboxylic acids is 1. The third-order valence-electron chi connectivity index (χ3n) is 9.71. The average Bonchev–Trinajstić information content (AvgIpc) is 3.02. The van der Waals surface area contributed by atoms with Gasteiger partial charge >= 0.3 is 12.1 Å². The number of carboxylic acid groups (broad SMARTS) is 1. The predicted octanol–water partition coefficient (Wildman–Crippen LogP) is 4.57. The Labute approximate surface area is 209 Å². The number of ether oxygens (including phenoxy) is 2. The molecule has 200 valence electrons. The van der Waals surface area contributed by atoms with Crippen LogP contribution in [0.1, 0.15) is 60.8 Å². The summed E-state index contributed by atoms with van der Waals surface area (Å²) in [5, 5.41) is 21.4. The fourth-order valence-electron chi connectivity index (χ4n) is 7.62. The van der Waals surface area contributed by atoms with Crippen LogP contribution >= 0.6 is 0 Å². The van der Waals surface area contributed by atoms with Gasteiger partial charge in [0, 0.05) is 11.3 Å². The zero-order valence-electron chi connectivity index (χ0n) is 21.6. The molecule has 0 aromatic carbocycles. The van der Waals surface area contributed by atoms with Crippen molar-refractivity contribution >= 4 is 17.9 Å². The molecule has 3 saturated carbocycles. The number of alkyl halides is 2. The van der Waals surface area contributed by atoms with Crippen LogP contribution in [0.2, 0.25) is 0 Å². The van der Waals surface area contributed by atoms with Crippen LogP contribution in [0.4, 0.5) is 13.6 Å². The number of ketones is 1. The SMILES string of the molecule is CCC(C)(C)OC(=O)OC1[C@H](F)C2=CC(=O)C=C[C@]2(C)C2(F)[C@@H](O)C[C@]3(C)[C@H](C(=O)O)[C@H](C)C[C@H]3[C@H]12. The molecule has 0 radical (unpaired) electrons. The zero-order chi connectivity index (χ0) is 27.0. The minimum atomic E-state index is -2.53. The van der Waals surface area contributed by atoms with E-state index in [0.29, 0.717) is 6.42 Å². The van der Waals surface area contributed by atoms with Crippen molar-refractivity contribution in [3.05, 3.63) is 23.8 Å². The summed E-state index contributed by atoms with van der Waals surface area (Å²) in [6, 6.07) is 0. The van der Waals surface area contributed by atoms with Gasteiger partial charge in [-0.2, -0.15) is 0 Å². The van der Waals surface area contributed by atoms with Crippen molar-refractivity contribution in [2.75, 3.05) is 0 Å². The molecule has 3 fully saturated rings. The molecule has 0 aromatic rings. The first-order chi connectivity index (χ1) is 16.5. The van der Waals surface area contributed by atoms with Gasteiger partial charge in [0.2, 0.25) is 0 Å². The standard InChI is InChI=1S/C27H36F2O7/c1-7-24(3,4)36-23(34)35-21-19-15-10-13(2)18(22(32)33)25(15,5)12-17(31)27(19,29)26(6)9-8-14(30)11-16(26)20(21)28/h8-9,11,13,15,17-21,31H,7,10,12H2,1-6H3,(H,32,33)/t13-,15+,17+,18+,19-,20-,21?,25+,26+,27?/m1/s1. The molecule has 0 amide bonds. The molecule has 2 N–H and O–H groups in total. The Bertz CT molecular complexity index is 1040. The van der Waals surface area contributed by atoms with E-state index in [9.17, 15) is 24.6 Å². The van der Waals surface area contributed by atoms with Gasteiger partial charge in [-0.25, -0.2) is 13.6 Å². The van der Waals surface area contributed by atoms with E-state index in [2.05, 4.69) is 0 Å². The Hall–Kier alpha value is -2.29. The number of allylic oxidation sites excluding steroid dienone is 3. The first-order valence-corrected chi connectivity index (χ1v) is 12.6. The van der Waals surface area contributed by atoms with Crippen molar-refractivity contribution in [1.29, 1.82) is 0 Å². The third kappa shape index (κ3) is 3.56. The molecule has 0 heterocycles. The van der Waals surface area contributed by atoms with E-state index in [4.69, 9.17) is 9.47 Å². The van der Waals surface area contributed by atoms with Gasteiger partial charge in [0.25, 0.3) is 0 Å². The van der Waals surface area contributed by atoms with Gasteiger partial charge in [0.15, 0.2) is 17.6 Å². The molecule has 9 heteroatoms. The maximum absolute atomic E-state index is 17.6. The second-order valence-electron chi connectivity index (χ2n) is 12.1. The van der Waals surface area contributed by atoms with Gasteiger partial charge in [-0.3, -0.25) is 9.59 Å². The lowest BCUT2D eigenvalue weighted by atomic mass is 9.44. The molecular formula is C27H36F2O7. The number of halogens is 2.